The first kappa shape index (κ1) is 27.1. The third kappa shape index (κ3) is 6.24. The Hall–Kier alpha value is -3.47. The molecule has 0 saturated heterocycles. The molecule has 0 radical (unpaired) electrons. The van der Waals surface area contributed by atoms with Gasteiger partial charge in [-0.2, -0.15) is 5.26 Å². The maximum absolute atomic E-state index is 10.9. The van der Waals surface area contributed by atoms with Crippen LogP contribution in [0.3, 0.4) is 0 Å². The number of aliphatic hydroxyl groups is 2. The van der Waals surface area contributed by atoms with Gasteiger partial charge in [-0.1, -0.05) is 30.2 Å². The second-order valence-corrected chi connectivity index (χ2v) is 11.6. The van der Waals surface area contributed by atoms with E-state index in [0.717, 1.165) is 34.9 Å². The lowest BCUT2D eigenvalue weighted by Gasteiger charge is -2.21. The molecule has 200 valence electrons. The highest BCUT2D eigenvalue weighted by atomic mass is 127. The number of benzene rings is 1. The summed E-state index contributed by atoms with van der Waals surface area (Å²) in [5.41, 5.74) is 2.46. The number of nitrogens with one attached hydrogen (secondary N) is 1. The van der Waals surface area contributed by atoms with Crippen molar-refractivity contribution >= 4 is 28.5 Å². The fraction of sp³-hybridized carbons (Fsp3) is 0.357. The molecule has 0 unspecified atom stereocenters. The molecule has 4 aromatic rings. The lowest BCUT2D eigenvalue weighted by Crippen LogP contribution is -2.30. The average Bonchev–Trinajstić information content (AvgIpc) is 3.57. The molecule has 1 aromatic carbocycles. The molecule has 3 aromatic heterocycles. The molecule has 0 bridgehead atoms. The maximum atomic E-state index is 10.9. The van der Waals surface area contributed by atoms with Crippen molar-refractivity contribution in [1.29, 1.82) is 5.26 Å². The van der Waals surface area contributed by atoms with E-state index in [0.29, 0.717) is 46.4 Å². The second kappa shape index (κ2) is 11.0. The summed E-state index contributed by atoms with van der Waals surface area (Å²) in [4.78, 5) is 14.0. The van der Waals surface area contributed by atoms with Crippen LogP contribution in [0.25, 0.3) is 22.6 Å². The van der Waals surface area contributed by atoms with Gasteiger partial charge in [0.05, 0.1) is 52.8 Å². The van der Waals surface area contributed by atoms with Gasteiger partial charge in [0.2, 0.25) is 5.95 Å². The van der Waals surface area contributed by atoms with Crippen LogP contribution in [0.2, 0.25) is 0 Å². The largest absolute Gasteiger partial charge is 0.389 e. The van der Waals surface area contributed by atoms with Crippen molar-refractivity contribution in [1.82, 2.24) is 29.9 Å². The van der Waals surface area contributed by atoms with Gasteiger partial charge in [-0.3, -0.25) is 4.98 Å². The Morgan fingerprint density at radius 3 is 2.56 bits per heavy atom. The molecule has 3 N–H and O–H groups in total. The molecule has 39 heavy (non-hydrogen) atoms. The van der Waals surface area contributed by atoms with E-state index in [-0.39, 0.29) is 6.54 Å². The van der Waals surface area contributed by atoms with Gasteiger partial charge in [-0.05, 0) is 79.6 Å². The van der Waals surface area contributed by atoms with Crippen LogP contribution >= 0.6 is 22.6 Å². The molecule has 11 heteroatoms. The molecular formula is C28H29IN8O2. The predicted octanol–water partition coefficient (Wildman–Crippen LogP) is 4.27. The zero-order chi connectivity index (χ0) is 27.6. The molecule has 3 heterocycles. The molecule has 0 aliphatic heterocycles. The molecule has 1 aliphatic rings. The number of pyridine rings is 1. The third-order valence-corrected chi connectivity index (χ3v) is 7.53. The number of anilines is 1. The minimum absolute atomic E-state index is 0.230. The Morgan fingerprint density at radius 1 is 1.08 bits per heavy atom. The van der Waals surface area contributed by atoms with Crippen LogP contribution < -0.4 is 5.32 Å². The summed E-state index contributed by atoms with van der Waals surface area (Å²) >= 11 is 2.19. The number of hydrogen-bond acceptors (Lipinski definition) is 9. The van der Waals surface area contributed by atoms with Crippen LogP contribution in [0.15, 0.2) is 48.7 Å². The first-order valence-electron chi connectivity index (χ1n) is 12.8. The summed E-state index contributed by atoms with van der Waals surface area (Å²) in [6.07, 6.45) is 5.24. The first-order chi connectivity index (χ1) is 18.6. The number of nitriles is 1. The van der Waals surface area contributed by atoms with Crippen molar-refractivity contribution in [3.8, 4) is 28.7 Å². The first-order valence-corrected chi connectivity index (χ1v) is 13.9. The second-order valence-electron chi connectivity index (χ2n) is 10.5. The van der Waals surface area contributed by atoms with Gasteiger partial charge in [0.15, 0.2) is 0 Å². The summed E-state index contributed by atoms with van der Waals surface area (Å²) in [6.45, 7) is 4.00. The van der Waals surface area contributed by atoms with Crippen LogP contribution in [0.1, 0.15) is 56.5 Å². The summed E-state index contributed by atoms with van der Waals surface area (Å²) in [7, 11) is 0. The highest BCUT2D eigenvalue weighted by molar-refractivity contribution is 14.1. The standard InChI is InChI=1S/C28H29IN8O2/c1-27(2,38)17-31-26-33-21(13-22(34-26)25-18(14-30)7-5-9-20(25)29)23-16-37(36-35-23)15-19-8-6-10-24(32-19)28(39)11-3-4-12-28/h5-10,13,16,38-39H,3-4,11-12,15,17H2,1-2H3,(H,31,33,34). The quantitative estimate of drug-likeness (QED) is 0.242. The molecule has 1 aliphatic carbocycles. The van der Waals surface area contributed by atoms with Crippen LogP contribution in [-0.4, -0.2) is 52.3 Å². The van der Waals surface area contributed by atoms with Gasteiger partial charge in [-0.25, -0.2) is 14.6 Å². The Kier molecular flexibility index (Phi) is 7.61. The Labute approximate surface area is 240 Å². The van der Waals surface area contributed by atoms with Crippen molar-refractivity contribution in [2.24, 2.45) is 0 Å². The lowest BCUT2D eigenvalue weighted by atomic mass is 9.97. The van der Waals surface area contributed by atoms with Gasteiger partial charge in [0, 0.05) is 15.7 Å². The fourth-order valence-electron chi connectivity index (χ4n) is 4.66. The molecule has 0 amide bonds. The predicted molar refractivity (Wildman–Crippen MR) is 154 cm³/mol. The summed E-state index contributed by atoms with van der Waals surface area (Å²) < 4.78 is 2.56. The molecule has 1 fully saturated rings. The Balaban J connectivity index is 1.48. The lowest BCUT2D eigenvalue weighted by molar-refractivity contribution is 0.0397. The molecule has 5 rings (SSSR count). The molecule has 10 nitrogen and oxygen atoms in total. The van der Waals surface area contributed by atoms with Crippen molar-refractivity contribution in [2.75, 3.05) is 11.9 Å². The van der Waals surface area contributed by atoms with E-state index in [1.54, 1.807) is 36.9 Å². The third-order valence-electron chi connectivity index (χ3n) is 6.63. The normalized spacial score (nSPS) is 14.8. The number of nitrogens with zero attached hydrogens (tertiary/aromatic N) is 7. The van der Waals surface area contributed by atoms with E-state index in [9.17, 15) is 15.5 Å². The van der Waals surface area contributed by atoms with Gasteiger partial charge in [0.1, 0.15) is 11.3 Å². The fourth-order valence-corrected chi connectivity index (χ4v) is 5.43. The zero-order valence-corrected chi connectivity index (χ0v) is 23.9. The van der Waals surface area contributed by atoms with Gasteiger partial charge >= 0.3 is 0 Å². The van der Waals surface area contributed by atoms with Crippen LogP contribution in [0, 0.1) is 14.9 Å². The molecule has 0 spiro atoms. The van der Waals surface area contributed by atoms with Crippen LogP contribution in [-0.2, 0) is 12.1 Å². The van der Waals surface area contributed by atoms with Crippen LogP contribution in [0.5, 0.6) is 0 Å². The van der Waals surface area contributed by atoms with Gasteiger partial charge in [-0.15, -0.1) is 5.10 Å². The smallest absolute Gasteiger partial charge is 0.223 e. The van der Waals surface area contributed by atoms with Gasteiger partial charge in [0.25, 0.3) is 0 Å². The van der Waals surface area contributed by atoms with Crippen LogP contribution in [0.4, 0.5) is 5.95 Å². The van der Waals surface area contributed by atoms with E-state index in [2.05, 4.69) is 54.3 Å². The van der Waals surface area contributed by atoms with Crippen molar-refractivity contribution in [3.63, 3.8) is 0 Å². The van der Waals surface area contributed by atoms with E-state index in [1.807, 2.05) is 30.3 Å². The van der Waals surface area contributed by atoms with E-state index in [1.165, 1.54) is 0 Å². The van der Waals surface area contributed by atoms with E-state index < -0.39 is 11.2 Å². The zero-order valence-electron chi connectivity index (χ0n) is 21.8. The maximum Gasteiger partial charge on any atom is 0.223 e. The van der Waals surface area contributed by atoms with Crippen molar-refractivity contribution in [3.05, 3.63) is 69.2 Å². The number of hydrogen-bond donors (Lipinski definition) is 3. The molecule has 0 atom stereocenters. The molecule has 1 saturated carbocycles. The average molecular weight is 636 g/mol. The Morgan fingerprint density at radius 2 is 1.82 bits per heavy atom. The SMILES string of the molecule is CC(C)(O)CNc1nc(-c2cn(Cc3cccc(C4(O)CCCC4)n3)nn2)cc(-c2c(I)cccc2C#N)n1. The topological polar surface area (TPSA) is 146 Å². The number of rotatable bonds is 8. The number of halogens is 1. The van der Waals surface area contributed by atoms with Crippen molar-refractivity contribution < 1.29 is 10.2 Å². The van der Waals surface area contributed by atoms with E-state index in [4.69, 9.17) is 4.98 Å². The van der Waals surface area contributed by atoms with E-state index >= 15 is 0 Å². The monoisotopic (exact) mass is 636 g/mol. The number of aromatic nitrogens is 6. The minimum atomic E-state index is -0.977. The summed E-state index contributed by atoms with van der Waals surface area (Å²) in [6, 6.07) is 15.2. The summed E-state index contributed by atoms with van der Waals surface area (Å²) in [5.74, 6) is 0.307. The minimum Gasteiger partial charge on any atom is -0.389 e. The highest BCUT2D eigenvalue weighted by Gasteiger charge is 2.34. The molecular weight excluding hydrogens is 607 g/mol. The Bertz CT molecular complexity index is 1530. The summed E-state index contributed by atoms with van der Waals surface area (Å²) in [5, 5.41) is 42.6. The van der Waals surface area contributed by atoms with Crippen molar-refractivity contribution in [2.45, 2.75) is 57.3 Å². The van der Waals surface area contributed by atoms with Gasteiger partial charge < -0.3 is 15.5 Å². The highest BCUT2D eigenvalue weighted by Crippen LogP contribution is 2.37.